The molecule has 1 unspecified atom stereocenters. The van der Waals surface area contributed by atoms with Gasteiger partial charge in [0.1, 0.15) is 0 Å². The first kappa shape index (κ1) is 13.6. The molecule has 1 aliphatic carbocycles. The van der Waals surface area contributed by atoms with Crippen LogP contribution in [0.15, 0.2) is 12.1 Å². The van der Waals surface area contributed by atoms with Crippen LogP contribution in [0.5, 0.6) is 0 Å². The Balaban J connectivity index is 2.39. The summed E-state index contributed by atoms with van der Waals surface area (Å²) in [6.07, 6.45) is 6.52. The lowest BCUT2D eigenvalue weighted by Crippen LogP contribution is -2.32. The van der Waals surface area contributed by atoms with Crippen molar-refractivity contribution in [1.82, 2.24) is 0 Å². The van der Waals surface area contributed by atoms with Gasteiger partial charge in [0, 0.05) is 6.04 Å². The second-order valence-corrected chi connectivity index (χ2v) is 6.19. The molecule has 18 heavy (non-hydrogen) atoms. The average molecular weight is 245 g/mol. The third-order valence-electron chi connectivity index (χ3n) is 5.18. The van der Waals surface area contributed by atoms with Crippen LogP contribution in [0.1, 0.15) is 67.3 Å². The highest BCUT2D eigenvalue weighted by molar-refractivity contribution is 5.39. The van der Waals surface area contributed by atoms with Crippen LogP contribution in [-0.4, -0.2) is 0 Å². The highest BCUT2D eigenvalue weighted by Crippen LogP contribution is 2.49. The standard InChI is InChI=1S/C17H27N/c1-5-17(8-6-7-9-17)16(18)15-11-13(3)12(2)10-14(15)4/h10-11,16H,5-9,18H2,1-4H3. The first-order valence-corrected chi connectivity index (χ1v) is 7.33. The van der Waals surface area contributed by atoms with E-state index in [1.807, 2.05) is 0 Å². The van der Waals surface area contributed by atoms with Gasteiger partial charge in [-0.15, -0.1) is 0 Å². The van der Waals surface area contributed by atoms with E-state index in [1.165, 1.54) is 54.4 Å². The van der Waals surface area contributed by atoms with E-state index in [9.17, 15) is 0 Å². The summed E-state index contributed by atoms with van der Waals surface area (Å²) in [5.41, 5.74) is 12.5. The SMILES string of the molecule is CCC1(C(N)c2cc(C)c(C)cc2C)CCCC1. The van der Waals surface area contributed by atoms with E-state index in [2.05, 4.69) is 39.8 Å². The van der Waals surface area contributed by atoms with Gasteiger partial charge in [-0.1, -0.05) is 31.9 Å². The van der Waals surface area contributed by atoms with Crippen molar-refractivity contribution in [3.05, 3.63) is 34.4 Å². The predicted octanol–water partition coefficient (Wildman–Crippen LogP) is 4.58. The van der Waals surface area contributed by atoms with Gasteiger partial charge in [-0.3, -0.25) is 0 Å². The van der Waals surface area contributed by atoms with Crippen LogP contribution >= 0.6 is 0 Å². The zero-order valence-electron chi connectivity index (χ0n) is 12.3. The minimum absolute atomic E-state index is 0.212. The fraction of sp³-hybridized carbons (Fsp3) is 0.647. The molecule has 2 N–H and O–H groups in total. The molecule has 0 saturated heterocycles. The number of hydrogen-bond donors (Lipinski definition) is 1. The largest absolute Gasteiger partial charge is 0.323 e. The topological polar surface area (TPSA) is 26.0 Å². The first-order chi connectivity index (χ1) is 8.50. The third kappa shape index (κ3) is 2.21. The van der Waals surface area contributed by atoms with Crippen molar-refractivity contribution in [3.8, 4) is 0 Å². The predicted molar refractivity (Wildman–Crippen MR) is 78.8 cm³/mol. The van der Waals surface area contributed by atoms with Gasteiger partial charge < -0.3 is 5.73 Å². The van der Waals surface area contributed by atoms with Crippen LogP contribution in [0.3, 0.4) is 0 Å². The Hall–Kier alpha value is -0.820. The van der Waals surface area contributed by atoms with Gasteiger partial charge in [0.15, 0.2) is 0 Å². The van der Waals surface area contributed by atoms with Crippen molar-refractivity contribution < 1.29 is 0 Å². The molecule has 1 heteroatoms. The first-order valence-electron chi connectivity index (χ1n) is 7.33. The molecular weight excluding hydrogens is 218 g/mol. The summed E-state index contributed by atoms with van der Waals surface area (Å²) in [6.45, 7) is 8.89. The van der Waals surface area contributed by atoms with Crippen LogP contribution < -0.4 is 5.73 Å². The Morgan fingerprint density at radius 2 is 1.61 bits per heavy atom. The summed E-state index contributed by atoms with van der Waals surface area (Å²) in [6, 6.07) is 4.83. The number of nitrogens with two attached hydrogens (primary N) is 1. The fourth-order valence-corrected chi connectivity index (χ4v) is 3.61. The maximum absolute atomic E-state index is 6.67. The molecule has 100 valence electrons. The van der Waals surface area contributed by atoms with Gasteiger partial charge in [0.05, 0.1) is 0 Å². The lowest BCUT2D eigenvalue weighted by atomic mass is 9.72. The van der Waals surface area contributed by atoms with E-state index in [0.29, 0.717) is 5.41 Å². The number of benzene rings is 1. The fourth-order valence-electron chi connectivity index (χ4n) is 3.61. The average Bonchev–Trinajstić information content (AvgIpc) is 2.83. The van der Waals surface area contributed by atoms with Crippen molar-refractivity contribution in [1.29, 1.82) is 0 Å². The van der Waals surface area contributed by atoms with E-state index < -0.39 is 0 Å². The molecule has 1 aromatic rings. The number of aryl methyl sites for hydroxylation is 3. The van der Waals surface area contributed by atoms with Gasteiger partial charge in [0.25, 0.3) is 0 Å². The highest BCUT2D eigenvalue weighted by atomic mass is 14.7. The second kappa shape index (κ2) is 5.05. The summed E-state index contributed by atoms with van der Waals surface area (Å²) in [5.74, 6) is 0. The summed E-state index contributed by atoms with van der Waals surface area (Å²) >= 11 is 0. The van der Waals surface area contributed by atoms with Crippen molar-refractivity contribution in [2.24, 2.45) is 11.1 Å². The Morgan fingerprint density at radius 3 is 2.17 bits per heavy atom. The summed E-state index contributed by atoms with van der Waals surface area (Å²) in [4.78, 5) is 0. The van der Waals surface area contributed by atoms with E-state index in [0.717, 1.165) is 0 Å². The van der Waals surface area contributed by atoms with Crippen LogP contribution in [0.4, 0.5) is 0 Å². The molecule has 0 aliphatic heterocycles. The Kier molecular flexibility index (Phi) is 3.82. The van der Waals surface area contributed by atoms with Crippen LogP contribution in [-0.2, 0) is 0 Å². The monoisotopic (exact) mass is 245 g/mol. The maximum Gasteiger partial charge on any atom is 0.0354 e. The molecule has 1 atom stereocenters. The lowest BCUT2D eigenvalue weighted by molar-refractivity contribution is 0.221. The van der Waals surface area contributed by atoms with Gasteiger partial charge in [0.2, 0.25) is 0 Å². The lowest BCUT2D eigenvalue weighted by Gasteiger charge is -2.35. The Labute approximate surface area is 112 Å². The van der Waals surface area contributed by atoms with E-state index in [4.69, 9.17) is 5.73 Å². The minimum atomic E-state index is 0.212. The van der Waals surface area contributed by atoms with Gasteiger partial charge >= 0.3 is 0 Å². The smallest absolute Gasteiger partial charge is 0.0354 e. The van der Waals surface area contributed by atoms with Crippen LogP contribution in [0.25, 0.3) is 0 Å². The zero-order chi connectivity index (χ0) is 13.3. The normalized spacial score (nSPS) is 20.1. The summed E-state index contributed by atoms with van der Waals surface area (Å²) in [5, 5.41) is 0. The molecule has 1 fully saturated rings. The maximum atomic E-state index is 6.67. The Morgan fingerprint density at radius 1 is 1.06 bits per heavy atom. The second-order valence-electron chi connectivity index (χ2n) is 6.19. The number of hydrogen-bond acceptors (Lipinski definition) is 1. The van der Waals surface area contributed by atoms with Crippen LogP contribution in [0.2, 0.25) is 0 Å². The molecule has 0 bridgehead atoms. The molecular formula is C17H27N. The molecule has 0 spiro atoms. The molecule has 0 aromatic heterocycles. The molecule has 1 aliphatic rings. The molecule has 1 saturated carbocycles. The molecule has 0 amide bonds. The molecule has 0 radical (unpaired) electrons. The van der Waals surface area contributed by atoms with Crippen LogP contribution in [0, 0.1) is 26.2 Å². The molecule has 2 rings (SSSR count). The Bertz CT molecular complexity index is 427. The van der Waals surface area contributed by atoms with Gasteiger partial charge in [-0.25, -0.2) is 0 Å². The molecule has 1 nitrogen and oxygen atoms in total. The van der Waals surface area contributed by atoms with Crippen molar-refractivity contribution in [3.63, 3.8) is 0 Å². The van der Waals surface area contributed by atoms with E-state index in [-0.39, 0.29) is 6.04 Å². The van der Waals surface area contributed by atoms with Gasteiger partial charge in [-0.2, -0.15) is 0 Å². The summed E-state index contributed by atoms with van der Waals surface area (Å²) < 4.78 is 0. The summed E-state index contributed by atoms with van der Waals surface area (Å²) in [7, 11) is 0. The molecule has 0 heterocycles. The zero-order valence-corrected chi connectivity index (χ0v) is 12.3. The minimum Gasteiger partial charge on any atom is -0.323 e. The highest BCUT2D eigenvalue weighted by Gasteiger charge is 2.39. The quantitative estimate of drug-likeness (QED) is 0.828. The molecule has 1 aromatic carbocycles. The van der Waals surface area contributed by atoms with E-state index >= 15 is 0 Å². The van der Waals surface area contributed by atoms with Crippen molar-refractivity contribution in [2.45, 2.75) is 65.8 Å². The number of rotatable bonds is 3. The third-order valence-corrected chi connectivity index (χ3v) is 5.18. The van der Waals surface area contributed by atoms with Gasteiger partial charge in [-0.05, 0) is 67.7 Å². The van der Waals surface area contributed by atoms with Crippen molar-refractivity contribution >= 4 is 0 Å². The van der Waals surface area contributed by atoms with Crippen molar-refractivity contribution in [2.75, 3.05) is 0 Å². The van der Waals surface area contributed by atoms with E-state index in [1.54, 1.807) is 0 Å².